The van der Waals surface area contributed by atoms with Gasteiger partial charge in [-0.15, -0.1) is 0 Å². The van der Waals surface area contributed by atoms with E-state index in [1.54, 1.807) is 18.2 Å². The van der Waals surface area contributed by atoms with Gasteiger partial charge in [0.2, 0.25) is 5.88 Å². The fourth-order valence-electron chi connectivity index (χ4n) is 1.70. The zero-order chi connectivity index (χ0) is 15.4. The molecule has 0 atom stereocenters. The van der Waals surface area contributed by atoms with Crippen molar-refractivity contribution in [3.8, 4) is 11.6 Å². The lowest BCUT2D eigenvalue weighted by atomic mass is 10.2. The monoisotopic (exact) mass is 328 g/mol. The van der Waals surface area contributed by atoms with Crippen LogP contribution in [-0.4, -0.2) is 11.0 Å². The van der Waals surface area contributed by atoms with Crippen LogP contribution in [0.1, 0.15) is 19.4 Å². The van der Waals surface area contributed by atoms with Crippen LogP contribution in [0.3, 0.4) is 0 Å². The minimum Gasteiger partial charge on any atom is -0.439 e. The molecule has 1 heterocycles. The highest BCUT2D eigenvalue weighted by atomic mass is 35.5. The highest BCUT2D eigenvalue weighted by molar-refractivity contribution is 6.34. The summed E-state index contributed by atoms with van der Waals surface area (Å²) in [5, 5.41) is 4.12. The molecule has 1 N–H and O–H groups in total. The van der Waals surface area contributed by atoms with E-state index >= 15 is 0 Å². The van der Waals surface area contributed by atoms with E-state index in [0.717, 1.165) is 6.20 Å². The smallest absolute Gasteiger partial charge is 0.223 e. The second-order valence-electron chi connectivity index (χ2n) is 4.86. The Morgan fingerprint density at radius 2 is 1.86 bits per heavy atom. The fourth-order valence-corrected chi connectivity index (χ4v) is 2.21. The van der Waals surface area contributed by atoms with Crippen molar-refractivity contribution in [2.45, 2.75) is 26.4 Å². The number of benzene rings is 1. The van der Waals surface area contributed by atoms with Gasteiger partial charge >= 0.3 is 0 Å². The zero-order valence-corrected chi connectivity index (χ0v) is 13.2. The van der Waals surface area contributed by atoms with E-state index in [1.807, 2.05) is 13.8 Å². The number of nitrogens with zero attached hydrogens (tertiary/aromatic N) is 1. The van der Waals surface area contributed by atoms with Gasteiger partial charge in [-0.1, -0.05) is 37.0 Å². The van der Waals surface area contributed by atoms with Crippen molar-refractivity contribution in [1.82, 2.24) is 10.3 Å². The molecule has 0 radical (unpaired) electrons. The minimum atomic E-state index is -0.410. The molecule has 6 heteroatoms. The number of ether oxygens (including phenoxy) is 1. The van der Waals surface area contributed by atoms with Gasteiger partial charge in [-0.25, -0.2) is 9.37 Å². The molecule has 3 nitrogen and oxygen atoms in total. The predicted molar refractivity (Wildman–Crippen MR) is 82.7 cm³/mol. The molecule has 1 aromatic heterocycles. The third kappa shape index (κ3) is 4.84. The highest BCUT2D eigenvalue weighted by Gasteiger charge is 2.10. The van der Waals surface area contributed by atoms with E-state index in [-0.39, 0.29) is 6.04 Å². The van der Waals surface area contributed by atoms with Gasteiger partial charge in [0, 0.05) is 28.2 Å². The second-order valence-corrected chi connectivity index (χ2v) is 5.73. The minimum absolute atomic E-state index is 0.265. The van der Waals surface area contributed by atoms with Gasteiger partial charge in [0.15, 0.2) is 0 Å². The number of hydrogen-bond donors (Lipinski definition) is 1. The van der Waals surface area contributed by atoms with Crippen molar-refractivity contribution < 1.29 is 9.13 Å². The Labute approximate surface area is 133 Å². The first-order chi connectivity index (χ1) is 9.94. The summed E-state index contributed by atoms with van der Waals surface area (Å²) in [6.45, 7) is 4.46. The third-order valence-corrected chi connectivity index (χ3v) is 3.08. The van der Waals surface area contributed by atoms with Crippen LogP contribution in [0, 0.1) is 5.82 Å². The molecule has 0 spiro atoms. The molecule has 0 saturated carbocycles. The van der Waals surface area contributed by atoms with Crippen molar-refractivity contribution in [3.63, 3.8) is 0 Å². The fraction of sp³-hybridized carbons (Fsp3) is 0.267. The molecule has 1 aromatic carbocycles. The molecule has 0 fully saturated rings. The molecule has 112 valence electrons. The molecule has 21 heavy (non-hydrogen) atoms. The second kappa shape index (κ2) is 7.07. The Hall–Kier alpha value is -1.36. The highest BCUT2D eigenvalue weighted by Crippen LogP contribution is 2.29. The van der Waals surface area contributed by atoms with Crippen molar-refractivity contribution in [2.75, 3.05) is 0 Å². The van der Waals surface area contributed by atoms with E-state index in [9.17, 15) is 4.39 Å². The molecule has 2 aromatic rings. The third-order valence-electron chi connectivity index (χ3n) is 2.64. The zero-order valence-electron chi connectivity index (χ0n) is 11.7. The first-order valence-corrected chi connectivity index (χ1v) is 7.21. The number of rotatable bonds is 5. The Balaban J connectivity index is 2.25. The predicted octanol–water partition coefficient (Wildman–Crippen LogP) is 4.82. The molecule has 0 amide bonds. The molecular weight excluding hydrogens is 314 g/mol. The van der Waals surface area contributed by atoms with Crippen LogP contribution >= 0.6 is 23.2 Å². The molecule has 0 bridgehead atoms. The Morgan fingerprint density at radius 3 is 2.48 bits per heavy atom. The van der Waals surface area contributed by atoms with Crippen molar-refractivity contribution >= 4 is 23.2 Å². The summed E-state index contributed by atoms with van der Waals surface area (Å²) in [5.41, 5.74) is 0.625. The van der Waals surface area contributed by atoms with Crippen LogP contribution in [-0.2, 0) is 6.54 Å². The van der Waals surface area contributed by atoms with Gasteiger partial charge in [-0.2, -0.15) is 0 Å². The Kier molecular flexibility index (Phi) is 5.39. The quantitative estimate of drug-likeness (QED) is 0.854. The van der Waals surface area contributed by atoms with Crippen LogP contribution in [0.4, 0.5) is 4.39 Å². The van der Waals surface area contributed by atoms with Gasteiger partial charge in [-0.05, 0) is 24.3 Å². The number of aromatic nitrogens is 1. The molecule has 0 unspecified atom stereocenters. The van der Waals surface area contributed by atoms with Crippen molar-refractivity contribution in [2.24, 2.45) is 0 Å². The molecule has 0 saturated heterocycles. The maximum absolute atomic E-state index is 13.4. The maximum Gasteiger partial charge on any atom is 0.223 e. The molecule has 0 aliphatic carbocycles. The van der Waals surface area contributed by atoms with Crippen molar-refractivity contribution in [1.29, 1.82) is 0 Å². The topological polar surface area (TPSA) is 34.2 Å². The summed E-state index contributed by atoms with van der Waals surface area (Å²) >= 11 is 11.9. The lowest BCUT2D eigenvalue weighted by Gasteiger charge is -2.13. The summed E-state index contributed by atoms with van der Waals surface area (Å²) in [6.07, 6.45) is 1.11. The van der Waals surface area contributed by atoms with Crippen LogP contribution in [0.15, 0.2) is 30.5 Å². The SMILES string of the molecule is CC(C)NCc1cc(F)cnc1Oc1cc(Cl)cc(Cl)c1. The maximum atomic E-state index is 13.4. The van der Waals surface area contributed by atoms with E-state index in [2.05, 4.69) is 10.3 Å². The van der Waals surface area contributed by atoms with E-state index < -0.39 is 5.82 Å². The van der Waals surface area contributed by atoms with Gasteiger partial charge in [0.1, 0.15) is 11.6 Å². The number of hydrogen-bond acceptors (Lipinski definition) is 3. The first kappa shape index (κ1) is 16.0. The summed E-state index contributed by atoms with van der Waals surface area (Å²) in [6, 6.07) is 6.51. The van der Waals surface area contributed by atoms with Gasteiger partial charge in [0.25, 0.3) is 0 Å². The Bertz CT molecular complexity index is 615. The molecule has 0 aliphatic heterocycles. The number of halogens is 3. The Morgan fingerprint density at radius 1 is 1.19 bits per heavy atom. The summed E-state index contributed by atoms with van der Waals surface area (Å²) < 4.78 is 19.0. The van der Waals surface area contributed by atoms with Crippen LogP contribution in [0.2, 0.25) is 10.0 Å². The van der Waals surface area contributed by atoms with E-state index in [1.165, 1.54) is 6.07 Å². The van der Waals surface area contributed by atoms with Crippen LogP contribution in [0.25, 0.3) is 0 Å². The normalized spacial score (nSPS) is 11.0. The van der Waals surface area contributed by atoms with E-state index in [0.29, 0.717) is 33.8 Å². The summed E-state index contributed by atoms with van der Waals surface area (Å²) in [7, 11) is 0. The first-order valence-electron chi connectivity index (χ1n) is 6.46. The average Bonchev–Trinajstić information content (AvgIpc) is 2.37. The molecule has 2 rings (SSSR count). The van der Waals surface area contributed by atoms with Crippen LogP contribution < -0.4 is 10.1 Å². The number of nitrogens with one attached hydrogen (secondary N) is 1. The van der Waals surface area contributed by atoms with E-state index in [4.69, 9.17) is 27.9 Å². The number of pyridine rings is 1. The average molecular weight is 329 g/mol. The van der Waals surface area contributed by atoms with Crippen molar-refractivity contribution in [3.05, 3.63) is 51.9 Å². The molecule has 0 aliphatic rings. The van der Waals surface area contributed by atoms with Gasteiger partial charge in [0.05, 0.1) is 6.20 Å². The van der Waals surface area contributed by atoms with Gasteiger partial charge in [-0.3, -0.25) is 0 Å². The van der Waals surface area contributed by atoms with Gasteiger partial charge < -0.3 is 10.1 Å². The summed E-state index contributed by atoms with van der Waals surface area (Å²) in [5.74, 6) is 0.368. The lowest BCUT2D eigenvalue weighted by Crippen LogP contribution is -2.22. The lowest BCUT2D eigenvalue weighted by molar-refractivity contribution is 0.445. The largest absolute Gasteiger partial charge is 0.439 e. The van der Waals surface area contributed by atoms with Crippen LogP contribution in [0.5, 0.6) is 11.6 Å². The molecular formula is C15H15Cl2FN2O. The standard InChI is InChI=1S/C15H15Cl2FN2O/c1-9(2)19-7-10-3-13(18)8-20-15(10)21-14-5-11(16)4-12(17)6-14/h3-6,8-9,19H,7H2,1-2H3. The summed E-state index contributed by atoms with van der Waals surface area (Å²) in [4.78, 5) is 3.99.